The van der Waals surface area contributed by atoms with Crippen molar-refractivity contribution in [2.24, 2.45) is 0 Å². The minimum absolute atomic E-state index is 0.0881. The van der Waals surface area contributed by atoms with Crippen LogP contribution in [0.15, 0.2) is 24.3 Å². The molecule has 1 aromatic rings. The Hall–Kier alpha value is -1.60. The van der Waals surface area contributed by atoms with E-state index in [-0.39, 0.29) is 24.7 Å². The highest BCUT2D eigenvalue weighted by molar-refractivity contribution is 5.61. The summed E-state index contributed by atoms with van der Waals surface area (Å²) in [4.78, 5) is 2.31. The van der Waals surface area contributed by atoms with Crippen molar-refractivity contribution >= 4 is 0 Å². The summed E-state index contributed by atoms with van der Waals surface area (Å²) in [5, 5.41) is 19.7. The van der Waals surface area contributed by atoms with Gasteiger partial charge in [-0.15, -0.1) is 0 Å². The molecule has 0 saturated heterocycles. The van der Waals surface area contributed by atoms with Crippen molar-refractivity contribution in [2.75, 3.05) is 33.9 Å². The average molecular weight is 347 g/mol. The molecule has 6 heteroatoms. The van der Waals surface area contributed by atoms with E-state index in [0.29, 0.717) is 6.42 Å². The molecule has 4 rings (SSSR count). The van der Waals surface area contributed by atoms with Crippen LogP contribution in [0.3, 0.4) is 0 Å². The largest absolute Gasteiger partial charge is 0.493 e. The zero-order valence-electron chi connectivity index (χ0n) is 14.7. The van der Waals surface area contributed by atoms with Crippen LogP contribution in [0.4, 0.5) is 0 Å². The van der Waals surface area contributed by atoms with Crippen LogP contribution in [0, 0.1) is 0 Å². The molecule has 0 saturated carbocycles. The molecule has 3 atom stereocenters. The zero-order valence-corrected chi connectivity index (χ0v) is 14.7. The third kappa shape index (κ3) is 2.56. The lowest BCUT2D eigenvalue weighted by Crippen LogP contribution is -2.49. The van der Waals surface area contributed by atoms with Crippen LogP contribution in [-0.2, 0) is 16.7 Å². The minimum atomic E-state index is -1.41. The van der Waals surface area contributed by atoms with Crippen molar-refractivity contribution in [3.63, 3.8) is 0 Å². The molecule has 0 amide bonds. The normalized spacial score (nSPS) is 33.4. The summed E-state index contributed by atoms with van der Waals surface area (Å²) < 4.78 is 17.3. The summed E-state index contributed by atoms with van der Waals surface area (Å²) in [7, 11) is 3.77. The maximum absolute atomic E-state index is 10.7. The predicted molar refractivity (Wildman–Crippen MR) is 91.8 cm³/mol. The smallest absolute Gasteiger partial charge is 0.188 e. The zero-order chi connectivity index (χ0) is 17.7. The maximum atomic E-state index is 10.7. The van der Waals surface area contributed by atoms with E-state index in [4.69, 9.17) is 19.3 Å². The highest BCUT2D eigenvalue weighted by Gasteiger charge is 2.55. The second kappa shape index (κ2) is 5.99. The van der Waals surface area contributed by atoms with Gasteiger partial charge in [-0.25, -0.2) is 0 Å². The number of aliphatic hydroxyl groups is 2. The molecule has 3 unspecified atom stereocenters. The van der Waals surface area contributed by atoms with Crippen molar-refractivity contribution in [1.82, 2.24) is 4.90 Å². The second-order valence-electron chi connectivity index (χ2n) is 7.22. The quantitative estimate of drug-likeness (QED) is 0.630. The molecule has 3 aliphatic rings. The molecule has 136 valence electrons. The Morgan fingerprint density at radius 2 is 2.20 bits per heavy atom. The van der Waals surface area contributed by atoms with Crippen molar-refractivity contribution in [3.05, 3.63) is 35.4 Å². The fourth-order valence-electron chi connectivity index (χ4n) is 4.40. The Kier molecular flexibility index (Phi) is 4.03. The third-order valence-electron chi connectivity index (χ3n) is 5.64. The summed E-state index contributed by atoms with van der Waals surface area (Å²) >= 11 is 0. The molecule has 2 heterocycles. The summed E-state index contributed by atoms with van der Waals surface area (Å²) in [5.41, 5.74) is 2.14. The summed E-state index contributed by atoms with van der Waals surface area (Å²) in [6, 6.07) is 4.07. The topological polar surface area (TPSA) is 71.4 Å². The number of nitrogens with zero attached hydrogens (tertiary/aromatic N) is 1. The number of methoxy groups -OCH3 is 1. The number of rotatable bonds is 4. The van der Waals surface area contributed by atoms with Gasteiger partial charge in [-0.3, -0.25) is 0 Å². The van der Waals surface area contributed by atoms with Crippen molar-refractivity contribution in [1.29, 1.82) is 0 Å². The highest BCUT2D eigenvalue weighted by atomic mass is 16.6. The van der Waals surface area contributed by atoms with Gasteiger partial charge in [0.2, 0.25) is 0 Å². The van der Waals surface area contributed by atoms with E-state index in [0.717, 1.165) is 31.0 Å². The second-order valence-corrected chi connectivity index (χ2v) is 7.22. The number of aliphatic hydroxyl groups excluding tert-OH is 1. The number of benzene rings is 1. The highest BCUT2D eigenvalue weighted by Crippen LogP contribution is 2.56. The van der Waals surface area contributed by atoms with Gasteiger partial charge >= 0.3 is 0 Å². The summed E-state index contributed by atoms with van der Waals surface area (Å²) in [6.07, 6.45) is 4.79. The molecule has 0 bridgehead atoms. The first-order valence-electron chi connectivity index (χ1n) is 8.74. The lowest BCUT2D eigenvalue weighted by Gasteiger charge is -2.40. The SMILES string of the molecule is COc1ccc2c3c1OC1CC(O)(OCCO)C=CC31CCN(C)C2. The maximum Gasteiger partial charge on any atom is 0.188 e. The molecule has 25 heavy (non-hydrogen) atoms. The summed E-state index contributed by atoms with van der Waals surface area (Å²) in [5.74, 6) is 0.105. The van der Waals surface area contributed by atoms with Gasteiger partial charge in [0.25, 0.3) is 0 Å². The van der Waals surface area contributed by atoms with Crippen LogP contribution < -0.4 is 9.47 Å². The van der Waals surface area contributed by atoms with Gasteiger partial charge in [0.1, 0.15) is 6.10 Å². The number of ether oxygens (including phenoxy) is 3. The van der Waals surface area contributed by atoms with E-state index in [1.807, 2.05) is 12.1 Å². The van der Waals surface area contributed by atoms with Crippen molar-refractivity contribution < 1.29 is 24.4 Å². The Labute approximate surface area is 147 Å². The van der Waals surface area contributed by atoms with Crippen LogP contribution in [0.1, 0.15) is 24.0 Å². The molecule has 1 aromatic carbocycles. The van der Waals surface area contributed by atoms with E-state index in [9.17, 15) is 5.11 Å². The van der Waals surface area contributed by atoms with Gasteiger partial charge in [-0.1, -0.05) is 12.1 Å². The van der Waals surface area contributed by atoms with Crippen LogP contribution in [0.2, 0.25) is 0 Å². The number of hydrogen-bond donors (Lipinski definition) is 2. The Morgan fingerprint density at radius 3 is 2.96 bits per heavy atom. The molecule has 0 aromatic heterocycles. The first-order chi connectivity index (χ1) is 12.0. The van der Waals surface area contributed by atoms with Crippen LogP contribution >= 0.6 is 0 Å². The monoisotopic (exact) mass is 347 g/mol. The lowest BCUT2D eigenvalue weighted by atomic mass is 9.68. The van der Waals surface area contributed by atoms with Gasteiger partial charge in [-0.2, -0.15) is 0 Å². The van der Waals surface area contributed by atoms with Gasteiger partial charge < -0.3 is 29.3 Å². The van der Waals surface area contributed by atoms with Gasteiger partial charge in [0.15, 0.2) is 17.3 Å². The first kappa shape index (κ1) is 16.8. The predicted octanol–water partition coefficient (Wildman–Crippen LogP) is 1.19. The van der Waals surface area contributed by atoms with Crippen LogP contribution in [-0.4, -0.2) is 60.9 Å². The van der Waals surface area contributed by atoms with E-state index < -0.39 is 5.79 Å². The lowest BCUT2D eigenvalue weighted by molar-refractivity contribution is -0.193. The van der Waals surface area contributed by atoms with Crippen LogP contribution in [0.25, 0.3) is 0 Å². The van der Waals surface area contributed by atoms with E-state index in [1.54, 1.807) is 13.2 Å². The average Bonchev–Trinajstić information content (AvgIpc) is 2.85. The van der Waals surface area contributed by atoms with Crippen molar-refractivity contribution in [2.45, 2.75) is 36.7 Å². The molecule has 2 N–H and O–H groups in total. The fourth-order valence-corrected chi connectivity index (χ4v) is 4.40. The fraction of sp³-hybridized carbons (Fsp3) is 0.579. The van der Waals surface area contributed by atoms with Gasteiger partial charge in [0, 0.05) is 18.5 Å². The standard InChI is InChI=1S/C19H25NO5/c1-20-8-7-18-5-6-19(22,24-10-9-21)11-15(18)25-17-14(23-2)4-3-13(12-20)16(17)18/h3-6,15,21-22H,7-12H2,1-2H3. The minimum Gasteiger partial charge on any atom is -0.493 e. The van der Waals surface area contributed by atoms with E-state index in [2.05, 4.69) is 18.0 Å². The molecule has 6 nitrogen and oxygen atoms in total. The molecule has 2 aliphatic heterocycles. The van der Waals surface area contributed by atoms with Crippen molar-refractivity contribution in [3.8, 4) is 11.5 Å². The Bertz CT molecular complexity index is 705. The molecule has 0 fully saturated rings. The molecule has 0 radical (unpaired) electrons. The Morgan fingerprint density at radius 1 is 1.36 bits per heavy atom. The van der Waals surface area contributed by atoms with E-state index in [1.165, 1.54) is 11.1 Å². The van der Waals surface area contributed by atoms with Crippen LogP contribution in [0.5, 0.6) is 11.5 Å². The molecular weight excluding hydrogens is 322 g/mol. The molecule has 1 aliphatic carbocycles. The molecular formula is C19H25NO5. The third-order valence-corrected chi connectivity index (χ3v) is 5.64. The van der Waals surface area contributed by atoms with E-state index >= 15 is 0 Å². The Balaban J connectivity index is 1.81. The summed E-state index contributed by atoms with van der Waals surface area (Å²) in [6.45, 7) is 1.76. The first-order valence-corrected chi connectivity index (χ1v) is 8.74. The van der Waals surface area contributed by atoms with Gasteiger partial charge in [0.05, 0.1) is 25.7 Å². The van der Waals surface area contributed by atoms with Gasteiger partial charge in [-0.05, 0) is 37.7 Å². The molecule has 1 spiro atoms. The number of hydrogen-bond acceptors (Lipinski definition) is 6.